The summed E-state index contributed by atoms with van der Waals surface area (Å²) >= 11 is 11.3. The maximum atomic E-state index is 6.33. The van der Waals surface area contributed by atoms with Gasteiger partial charge in [0.2, 0.25) is 0 Å². The van der Waals surface area contributed by atoms with Crippen molar-refractivity contribution >= 4 is 28.8 Å². The standard InChI is InChI=1S/C16H24ClN3S/c1-19-7-5-12(6-8-19)10-20(2)11-14-4-3-13(16(18)21)9-15(14)17/h3-4,9,12H,5-8,10-11H2,1-2H3,(H2,18,21). The third kappa shape index (κ3) is 4.92. The van der Waals surface area contributed by atoms with Crippen molar-refractivity contribution < 1.29 is 0 Å². The molecule has 0 aliphatic carbocycles. The Morgan fingerprint density at radius 2 is 2.10 bits per heavy atom. The van der Waals surface area contributed by atoms with Gasteiger partial charge in [-0.15, -0.1) is 0 Å². The number of piperidine rings is 1. The molecule has 1 fully saturated rings. The van der Waals surface area contributed by atoms with Crippen molar-refractivity contribution in [3.8, 4) is 0 Å². The summed E-state index contributed by atoms with van der Waals surface area (Å²) in [7, 11) is 4.36. The minimum absolute atomic E-state index is 0.392. The fraction of sp³-hybridized carbons (Fsp3) is 0.562. The van der Waals surface area contributed by atoms with Crippen LogP contribution in [0, 0.1) is 5.92 Å². The first-order chi connectivity index (χ1) is 9.95. The van der Waals surface area contributed by atoms with E-state index >= 15 is 0 Å². The van der Waals surface area contributed by atoms with Crippen molar-refractivity contribution in [2.75, 3.05) is 33.7 Å². The molecule has 0 aromatic heterocycles. The van der Waals surface area contributed by atoms with Gasteiger partial charge >= 0.3 is 0 Å². The van der Waals surface area contributed by atoms with Crippen LogP contribution in [0.1, 0.15) is 24.0 Å². The lowest BCUT2D eigenvalue weighted by atomic mass is 9.96. The van der Waals surface area contributed by atoms with Gasteiger partial charge in [0.15, 0.2) is 0 Å². The van der Waals surface area contributed by atoms with Gasteiger partial charge in [-0.1, -0.05) is 36.0 Å². The van der Waals surface area contributed by atoms with Crippen LogP contribution >= 0.6 is 23.8 Å². The molecular weight excluding hydrogens is 302 g/mol. The molecule has 1 aliphatic heterocycles. The van der Waals surface area contributed by atoms with E-state index in [-0.39, 0.29) is 0 Å². The Balaban J connectivity index is 1.90. The van der Waals surface area contributed by atoms with E-state index in [0.717, 1.165) is 35.2 Å². The van der Waals surface area contributed by atoms with Gasteiger partial charge in [0.25, 0.3) is 0 Å². The highest BCUT2D eigenvalue weighted by molar-refractivity contribution is 7.80. The van der Waals surface area contributed by atoms with E-state index in [1.54, 1.807) is 0 Å². The molecule has 0 unspecified atom stereocenters. The number of likely N-dealkylation sites (tertiary alicyclic amines) is 1. The van der Waals surface area contributed by atoms with E-state index < -0.39 is 0 Å². The van der Waals surface area contributed by atoms with Gasteiger partial charge in [-0.3, -0.25) is 0 Å². The van der Waals surface area contributed by atoms with Gasteiger partial charge in [-0.25, -0.2) is 0 Å². The summed E-state index contributed by atoms with van der Waals surface area (Å²) < 4.78 is 0. The fourth-order valence-electron chi connectivity index (χ4n) is 2.87. The highest BCUT2D eigenvalue weighted by Gasteiger charge is 2.18. The lowest BCUT2D eigenvalue weighted by Crippen LogP contribution is -2.35. The zero-order valence-corrected chi connectivity index (χ0v) is 14.4. The molecule has 1 aromatic carbocycles. The van der Waals surface area contributed by atoms with Gasteiger partial charge in [0.1, 0.15) is 4.99 Å². The summed E-state index contributed by atoms with van der Waals surface area (Å²) in [6.45, 7) is 4.41. The highest BCUT2D eigenvalue weighted by atomic mass is 35.5. The van der Waals surface area contributed by atoms with Crippen LogP contribution in [0.3, 0.4) is 0 Å². The molecule has 0 atom stereocenters. The van der Waals surface area contributed by atoms with Crippen molar-refractivity contribution in [3.63, 3.8) is 0 Å². The second kappa shape index (κ2) is 7.54. The van der Waals surface area contributed by atoms with Crippen molar-refractivity contribution in [2.24, 2.45) is 11.7 Å². The molecule has 0 saturated carbocycles. The number of nitrogens with two attached hydrogens (primary N) is 1. The van der Waals surface area contributed by atoms with Crippen LogP contribution in [0.4, 0.5) is 0 Å². The topological polar surface area (TPSA) is 32.5 Å². The minimum Gasteiger partial charge on any atom is -0.389 e. The molecule has 1 aliphatic rings. The molecule has 116 valence electrons. The molecule has 1 saturated heterocycles. The van der Waals surface area contributed by atoms with Crippen molar-refractivity contribution in [1.29, 1.82) is 0 Å². The average molecular weight is 326 g/mol. The number of rotatable bonds is 5. The summed E-state index contributed by atoms with van der Waals surface area (Å²) in [6, 6.07) is 5.84. The van der Waals surface area contributed by atoms with Gasteiger partial charge in [0.05, 0.1) is 0 Å². The molecule has 0 spiro atoms. The van der Waals surface area contributed by atoms with E-state index in [0.29, 0.717) is 4.99 Å². The average Bonchev–Trinajstić information content (AvgIpc) is 2.43. The van der Waals surface area contributed by atoms with Gasteiger partial charge < -0.3 is 15.5 Å². The van der Waals surface area contributed by atoms with Crippen molar-refractivity contribution in [1.82, 2.24) is 9.80 Å². The van der Waals surface area contributed by atoms with E-state index in [4.69, 9.17) is 29.6 Å². The van der Waals surface area contributed by atoms with Crippen LogP contribution in [-0.2, 0) is 6.54 Å². The summed E-state index contributed by atoms with van der Waals surface area (Å²) in [5, 5.41) is 0.746. The Morgan fingerprint density at radius 3 is 2.67 bits per heavy atom. The highest BCUT2D eigenvalue weighted by Crippen LogP contribution is 2.21. The molecule has 0 bridgehead atoms. The Bertz CT molecular complexity index is 498. The zero-order chi connectivity index (χ0) is 15.4. The second-order valence-electron chi connectivity index (χ2n) is 6.11. The smallest absolute Gasteiger partial charge is 0.104 e. The quantitative estimate of drug-likeness (QED) is 0.844. The Morgan fingerprint density at radius 1 is 1.43 bits per heavy atom. The van der Waals surface area contributed by atoms with E-state index in [1.807, 2.05) is 18.2 Å². The van der Waals surface area contributed by atoms with E-state index in [1.165, 1.54) is 25.9 Å². The molecule has 2 rings (SSSR count). The van der Waals surface area contributed by atoms with Crippen LogP contribution in [0.25, 0.3) is 0 Å². The van der Waals surface area contributed by atoms with E-state index in [2.05, 4.69) is 23.9 Å². The van der Waals surface area contributed by atoms with Crippen molar-refractivity contribution in [2.45, 2.75) is 19.4 Å². The molecule has 1 aromatic rings. The largest absolute Gasteiger partial charge is 0.389 e. The molecule has 0 amide bonds. The molecular formula is C16H24ClN3S. The first kappa shape index (κ1) is 16.7. The van der Waals surface area contributed by atoms with Gasteiger partial charge in [0, 0.05) is 23.7 Å². The fourth-order valence-corrected chi connectivity index (χ4v) is 3.24. The number of nitrogens with zero attached hydrogens (tertiary/aromatic N) is 2. The van der Waals surface area contributed by atoms with Crippen molar-refractivity contribution in [3.05, 3.63) is 34.3 Å². The summed E-state index contributed by atoms with van der Waals surface area (Å²) in [6.07, 6.45) is 2.57. The maximum absolute atomic E-state index is 6.33. The summed E-state index contributed by atoms with van der Waals surface area (Å²) in [5.74, 6) is 0.792. The molecule has 5 heteroatoms. The molecule has 0 radical (unpaired) electrons. The Kier molecular flexibility index (Phi) is 5.99. The third-order valence-electron chi connectivity index (χ3n) is 4.19. The second-order valence-corrected chi connectivity index (χ2v) is 6.96. The van der Waals surface area contributed by atoms with Crippen LogP contribution in [-0.4, -0.2) is 48.5 Å². The Hall–Kier alpha value is -0.680. The number of thiocarbonyl (C=S) groups is 1. The molecule has 2 N–H and O–H groups in total. The van der Waals surface area contributed by atoms with Crippen LogP contribution in [0.15, 0.2) is 18.2 Å². The lowest BCUT2D eigenvalue weighted by Gasteiger charge is -2.31. The SMILES string of the molecule is CN1CCC(CN(C)Cc2ccc(C(N)=S)cc2Cl)CC1. The monoisotopic (exact) mass is 325 g/mol. The lowest BCUT2D eigenvalue weighted by molar-refractivity contribution is 0.173. The predicted molar refractivity (Wildman–Crippen MR) is 93.9 cm³/mol. The van der Waals surface area contributed by atoms with Gasteiger partial charge in [-0.05, 0) is 57.6 Å². The van der Waals surface area contributed by atoms with Crippen LogP contribution in [0.2, 0.25) is 5.02 Å². The maximum Gasteiger partial charge on any atom is 0.104 e. The first-order valence-corrected chi connectivity index (χ1v) is 8.19. The molecule has 1 heterocycles. The van der Waals surface area contributed by atoms with Crippen LogP contribution < -0.4 is 5.73 Å². The minimum atomic E-state index is 0.392. The zero-order valence-electron chi connectivity index (χ0n) is 12.8. The van der Waals surface area contributed by atoms with Crippen LogP contribution in [0.5, 0.6) is 0 Å². The number of hydrogen-bond donors (Lipinski definition) is 1. The first-order valence-electron chi connectivity index (χ1n) is 7.41. The summed E-state index contributed by atoms with van der Waals surface area (Å²) in [5.41, 5.74) is 7.59. The predicted octanol–water partition coefficient (Wildman–Crippen LogP) is 2.75. The van der Waals surface area contributed by atoms with E-state index in [9.17, 15) is 0 Å². The number of benzene rings is 1. The number of halogens is 1. The molecule has 3 nitrogen and oxygen atoms in total. The molecule has 21 heavy (non-hydrogen) atoms. The summed E-state index contributed by atoms with van der Waals surface area (Å²) in [4.78, 5) is 5.16. The number of hydrogen-bond acceptors (Lipinski definition) is 3. The third-order valence-corrected chi connectivity index (χ3v) is 4.77. The Labute approximate surface area is 138 Å². The van der Waals surface area contributed by atoms with Gasteiger partial charge in [-0.2, -0.15) is 0 Å². The normalized spacial score (nSPS) is 17.3.